The van der Waals surface area contributed by atoms with Crippen LogP contribution in [-0.4, -0.2) is 15.0 Å². The molecule has 0 bridgehead atoms. The fraction of sp³-hybridized carbons (Fsp3) is 0.400. The maximum absolute atomic E-state index is 5.93. The smallest absolute Gasteiger partial charge is 0.227 e. The van der Waals surface area contributed by atoms with Gasteiger partial charge in [0.1, 0.15) is 12.1 Å². The molecule has 0 atom stereocenters. The monoisotopic (exact) mass is 272 g/mol. The van der Waals surface area contributed by atoms with Crippen molar-refractivity contribution in [3.05, 3.63) is 35.4 Å². The molecule has 0 saturated heterocycles. The summed E-state index contributed by atoms with van der Waals surface area (Å²) >= 11 is 0. The number of aromatic nitrogens is 3. The Morgan fingerprint density at radius 3 is 2.70 bits per heavy atom. The highest BCUT2D eigenvalue weighted by Crippen LogP contribution is 2.28. The third-order valence-corrected chi connectivity index (χ3v) is 3.05. The Kier molecular flexibility index (Phi) is 4.50. The molecule has 2 rings (SSSR count). The fourth-order valence-electron chi connectivity index (χ4n) is 2.03. The average Bonchev–Trinajstić information content (AvgIpc) is 2.44. The molecule has 0 amide bonds. The van der Waals surface area contributed by atoms with Crippen molar-refractivity contribution < 1.29 is 4.74 Å². The number of nitrogen functional groups attached to an aromatic ring is 1. The molecule has 0 saturated carbocycles. The van der Waals surface area contributed by atoms with Crippen molar-refractivity contribution in [1.29, 1.82) is 0 Å². The molecule has 0 unspecified atom stereocenters. The van der Waals surface area contributed by atoms with E-state index in [0.29, 0.717) is 11.7 Å². The van der Waals surface area contributed by atoms with Gasteiger partial charge in [-0.05, 0) is 31.9 Å². The van der Waals surface area contributed by atoms with Gasteiger partial charge in [0.05, 0.1) is 11.3 Å². The minimum absolute atomic E-state index is 0.481. The molecule has 2 aromatic rings. The zero-order valence-electron chi connectivity index (χ0n) is 12.2. The van der Waals surface area contributed by atoms with Gasteiger partial charge in [-0.25, -0.2) is 9.97 Å². The second-order valence-electron chi connectivity index (χ2n) is 4.65. The average molecular weight is 272 g/mol. The fourth-order valence-corrected chi connectivity index (χ4v) is 2.03. The summed E-state index contributed by atoms with van der Waals surface area (Å²) in [5.74, 6) is 1.74. The highest BCUT2D eigenvalue weighted by atomic mass is 16.5. The summed E-state index contributed by atoms with van der Waals surface area (Å²) < 4.78 is 5.93. The van der Waals surface area contributed by atoms with Gasteiger partial charge in [-0.3, -0.25) is 4.98 Å². The predicted molar refractivity (Wildman–Crippen MR) is 78.9 cm³/mol. The number of hydrogen-bond donors (Lipinski definition) is 1. The molecule has 0 radical (unpaired) electrons. The van der Waals surface area contributed by atoms with Crippen molar-refractivity contribution in [1.82, 2.24) is 15.0 Å². The van der Waals surface area contributed by atoms with Crippen LogP contribution >= 0.6 is 0 Å². The minimum atomic E-state index is 0.481. The van der Waals surface area contributed by atoms with Crippen LogP contribution in [0.5, 0.6) is 11.6 Å². The summed E-state index contributed by atoms with van der Waals surface area (Å²) in [7, 11) is 0. The lowest BCUT2D eigenvalue weighted by molar-refractivity contribution is 0.446. The Morgan fingerprint density at radius 1 is 1.20 bits per heavy atom. The quantitative estimate of drug-likeness (QED) is 0.905. The summed E-state index contributed by atoms with van der Waals surface area (Å²) in [5, 5.41) is 0. The third-order valence-electron chi connectivity index (χ3n) is 3.05. The molecule has 5 heteroatoms. The highest BCUT2D eigenvalue weighted by Gasteiger charge is 2.13. The number of nitrogens with two attached hydrogens (primary N) is 1. The molecular formula is C15H20N4O. The molecule has 2 heterocycles. The van der Waals surface area contributed by atoms with E-state index in [1.165, 1.54) is 6.33 Å². The molecule has 0 aliphatic heterocycles. The molecule has 0 fully saturated rings. The van der Waals surface area contributed by atoms with Crippen LogP contribution in [0.1, 0.15) is 37.2 Å². The summed E-state index contributed by atoms with van der Waals surface area (Å²) in [6, 6.07) is 3.85. The Labute approximate surface area is 119 Å². The standard InChI is InChI=1S/C15H20N4O/c1-4-6-11-14(16)17-9-18-15(11)20-13-8-7-10(3)19-12(13)5-2/h7-9H,4-6H2,1-3H3,(H2,16,17,18). The number of hydrogen-bond acceptors (Lipinski definition) is 5. The van der Waals surface area contributed by atoms with E-state index in [9.17, 15) is 0 Å². The molecule has 20 heavy (non-hydrogen) atoms. The van der Waals surface area contributed by atoms with Gasteiger partial charge in [-0.1, -0.05) is 20.3 Å². The van der Waals surface area contributed by atoms with Gasteiger partial charge in [0.15, 0.2) is 5.75 Å². The number of pyridine rings is 1. The van der Waals surface area contributed by atoms with Gasteiger partial charge in [0, 0.05) is 5.69 Å². The zero-order chi connectivity index (χ0) is 14.5. The SMILES string of the molecule is CCCc1c(N)ncnc1Oc1ccc(C)nc1CC. The lowest BCUT2D eigenvalue weighted by atomic mass is 10.2. The van der Waals surface area contributed by atoms with Crippen LogP contribution < -0.4 is 10.5 Å². The second kappa shape index (κ2) is 6.32. The topological polar surface area (TPSA) is 73.9 Å². The van der Waals surface area contributed by atoms with Crippen molar-refractivity contribution in [2.24, 2.45) is 0 Å². The van der Waals surface area contributed by atoms with E-state index in [1.807, 2.05) is 19.1 Å². The van der Waals surface area contributed by atoms with Gasteiger partial charge >= 0.3 is 0 Å². The number of nitrogens with zero attached hydrogens (tertiary/aromatic N) is 3. The first-order chi connectivity index (χ1) is 9.65. The maximum atomic E-state index is 5.93. The van der Waals surface area contributed by atoms with E-state index in [2.05, 4.69) is 28.8 Å². The number of ether oxygens (including phenoxy) is 1. The minimum Gasteiger partial charge on any atom is -0.437 e. The summed E-state index contributed by atoms with van der Waals surface area (Å²) in [5.41, 5.74) is 8.67. The molecular weight excluding hydrogens is 252 g/mol. The number of anilines is 1. The van der Waals surface area contributed by atoms with Gasteiger partial charge in [-0.15, -0.1) is 0 Å². The first-order valence-electron chi connectivity index (χ1n) is 6.89. The molecule has 0 aliphatic rings. The predicted octanol–water partition coefficient (Wildman–Crippen LogP) is 3.07. The van der Waals surface area contributed by atoms with Gasteiger partial charge < -0.3 is 10.5 Å². The van der Waals surface area contributed by atoms with Crippen LogP contribution in [0, 0.1) is 6.92 Å². The van der Waals surface area contributed by atoms with E-state index in [1.54, 1.807) is 0 Å². The van der Waals surface area contributed by atoms with E-state index in [-0.39, 0.29) is 0 Å². The molecule has 2 N–H and O–H groups in total. The van der Waals surface area contributed by atoms with Crippen LogP contribution in [0.15, 0.2) is 18.5 Å². The van der Waals surface area contributed by atoms with Crippen molar-refractivity contribution in [2.45, 2.75) is 40.0 Å². The van der Waals surface area contributed by atoms with Crippen LogP contribution in [0.3, 0.4) is 0 Å². The maximum Gasteiger partial charge on any atom is 0.227 e. The first-order valence-corrected chi connectivity index (χ1v) is 6.89. The highest BCUT2D eigenvalue weighted by molar-refractivity contribution is 5.46. The molecule has 0 aromatic carbocycles. The largest absolute Gasteiger partial charge is 0.437 e. The zero-order valence-corrected chi connectivity index (χ0v) is 12.2. The van der Waals surface area contributed by atoms with Crippen LogP contribution in [-0.2, 0) is 12.8 Å². The van der Waals surface area contributed by atoms with Crippen molar-refractivity contribution in [3.63, 3.8) is 0 Å². The van der Waals surface area contributed by atoms with Crippen LogP contribution in [0.4, 0.5) is 5.82 Å². The second-order valence-corrected chi connectivity index (χ2v) is 4.65. The van der Waals surface area contributed by atoms with Crippen molar-refractivity contribution in [2.75, 3.05) is 5.73 Å². The number of aryl methyl sites for hydroxylation is 2. The summed E-state index contributed by atoms with van der Waals surface area (Å²) in [6.07, 6.45) is 3.99. The molecule has 5 nitrogen and oxygen atoms in total. The van der Waals surface area contributed by atoms with E-state index in [4.69, 9.17) is 10.5 Å². The van der Waals surface area contributed by atoms with Crippen molar-refractivity contribution in [3.8, 4) is 11.6 Å². The molecule has 106 valence electrons. The summed E-state index contributed by atoms with van der Waals surface area (Å²) in [4.78, 5) is 12.7. The Hall–Kier alpha value is -2.17. The lowest BCUT2D eigenvalue weighted by Gasteiger charge is -2.13. The summed E-state index contributed by atoms with van der Waals surface area (Å²) in [6.45, 7) is 6.10. The Morgan fingerprint density at radius 2 is 2.00 bits per heavy atom. The normalized spacial score (nSPS) is 10.6. The van der Waals surface area contributed by atoms with E-state index >= 15 is 0 Å². The third kappa shape index (κ3) is 3.04. The van der Waals surface area contributed by atoms with E-state index < -0.39 is 0 Å². The van der Waals surface area contributed by atoms with Crippen LogP contribution in [0.25, 0.3) is 0 Å². The van der Waals surface area contributed by atoms with Gasteiger partial charge in [0.2, 0.25) is 5.88 Å². The van der Waals surface area contributed by atoms with Gasteiger partial charge in [-0.2, -0.15) is 0 Å². The van der Waals surface area contributed by atoms with E-state index in [0.717, 1.165) is 42.0 Å². The Bertz CT molecular complexity index is 598. The molecule has 2 aromatic heterocycles. The molecule has 0 aliphatic carbocycles. The van der Waals surface area contributed by atoms with Crippen molar-refractivity contribution >= 4 is 5.82 Å². The first kappa shape index (κ1) is 14.2. The Balaban J connectivity index is 2.37. The lowest BCUT2D eigenvalue weighted by Crippen LogP contribution is -2.04. The van der Waals surface area contributed by atoms with Crippen LogP contribution in [0.2, 0.25) is 0 Å². The van der Waals surface area contributed by atoms with Gasteiger partial charge in [0.25, 0.3) is 0 Å². The number of rotatable bonds is 5. The molecule has 0 spiro atoms.